The van der Waals surface area contributed by atoms with Crippen LogP contribution in [0, 0.1) is 0 Å². The predicted octanol–water partition coefficient (Wildman–Crippen LogP) is 3.72. The maximum absolute atomic E-state index is 12.6. The number of carboxylic acid groups (broad SMARTS) is 1. The second-order valence-electron chi connectivity index (χ2n) is 8.31. The summed E-state index contributed by atoms with van der Waals surface area (Å²) in [4.78, 5) is 38.2. The van der Waals surface area contributed by atoms with E-state index in [-0.39, 0.29) is 29.8 Å². The zero-order valence-electron chi connectivity index (χ0n) is 16.6. The van der Waals surface area contributed by atoms with E-state index < -0.39 is 5.97 Å². The molecule has 6 nitrogen and oxygen atoms in total. The Morgan fingerprint density at radius 1 is 1.17 bits per heavy atom. The monoisotopic (exact) mass is 428 g/mol. The van der Waals surface area contributed by atoms with Gasteiger partial charge in [0.15, 0.2) is 0 Å². The lowest BCUT2D eigenvalue weighted by atomic mass is 9.87. The summed E-state index contributed by atoms with van der Waals surface area (Å²) in [6.07, 6.45) is 4.46. The Hall–Kier alpha value is -2.60. The fourth-order valence-electron chi connectivity index (χ4n) is 4.23. The summed E-state index contributed by atoms with van der Waals surface area (Å²) in [6, 6.07) is 9.60. The van der Waals surface area contributed by atoms with E-state index in [0.29, 0.717) is 30.2 Å². The molecule has 1 aromatic carbocycles. The Labute approximate surface area is 179 Å². The van der Waals surface area contributed by atoms with E-state index in [1.807, 2.05) is 30.3 Å². The highest BCUT2D eigenvalue weighted by molar-refractivity contribution is 6.31. The number of H-pyrrole nitrogens is 1. The highest BCUT2D eigenvalue weighted by atomic mass is 35.5. The molecule has 0 spiro atoms. The Balaban J connectivity index is 1.64. The third-order valence-corrected chi connectivity index (χ3v) is 6.40. The molecule has 2 aromatic rings. The highest BCUT2D eigenvalue weighted by Crippen LogP contribution is 2.39. The molecule has 4 rings (SSSR count). The van der Waals surface area contributed by atoms with Gasteiger partial charge in [0, 0.05) is 41.1 Å². The van der Waals surface area contributed by atoms with E-state index in [9.17, 15) is 14.4 Å². The molecule has 1 saturated carbocycles. The molecule has 1 amide bonds. The second kappa shape index (κ2) is 8.64. The minimum absolute atomic E-state index is 0.0204. The molecule has 2 atom stereocenters. The van der Waals surface area contributed by atoms with E-state index in [4.69, 9.17) is 16.7 Å². The first-order valence-corrected chi connectivity index (χ1v) is 10.8. The molecule has 2 aliphatic rings. The van der Waals surface area contributed by atoms with Crippen molar-refractivity contribution < 1.29 is 14.7 Å². The number of rotatable bonds is 8. The number of hydrogen-bond acceptors (Lipinski definition) is 3. The van der Waals surface area contributed by atoms with Crippen LogP contribution < -0.4 is 10.9 Å². The van der Waals surface area contributed by atoms with Crippen LogP contribution in [0.2, 0.25) is 5.02 Å². The number of halogens is 1. The topological polar surface area (TPSA) is 99.3 Å². The molecule has 2 fully saturated rings. The van der Waals surface area contributed by atoms with Gasteiger partial charge in [-0.05, 0) is 61.3 Å². The number of aromatic nitrogens is 1. The lowest BCUT2D eigenvalue weighted by Crippen LogP contribution is -2.28. The number of pyridine rings is 1. The van der Waals surface area contributed by atoms with Crippen molar-refractivity contribution in [2.45, 2.75) is 62.8 Å². The first-order valence-electron chi connectivity index (χ1n) is 10.4. The molecule has 1 saturated heterocycles. The number of aryl methyl sites for hydroxylation is 1. The molecule has 1 aliphatic heterocycles. The fourth-order valence-corrected chi connectivity index (χ4v) is 4.51. The Bertz CT molecular complexity index is 1030. The van der Waals surface area contributed by atoms with Crippen LogP contribution in [-0.2, 0) is 16.0 Å². The molecule has 3 N–H and O–H groups in total. The van der Waals surface area contributed by atoms with Crippen LogP contribution in [0.5, 0.6) is 0 Å². The van der Waals surface area contributed by atoms with E-state index in [1.165, 1.54) is 0 Å². The summed E-state index contributed by atoms with van der Waals surface area (Å²) in [5.41, 5.74) is 3.33. The lowest BCUT2D eigenvalue weighted by molar-refractivity contribution is -0.137. The van der Waals surface area contributed by atoms with Crippen molar-refractivity contribution in [1.82, 2.24) is 10.3 Å². The molecule has 1 aliphatic carbocycles. The van der Waals surface area contributed by atoms with E-state index in [2.05, 4.69) is 10.3 Å². The van der Waals surface area contributed by atoms with Gasteiger partial charge in [-0.15, -0.1) is 0 Å². The van der Waals surface area contributed by atoms with Gasteiger partial charge in [0.2, 0.25) is 5.91 Å². The predicted molar refractivity (Wildman–Crippen MR) is 114 cm³/mol. The number of carbonyl (C=O) groups excluding carboxylic acids is 1. The van der Waals surface area contributed by atoms with Gasteiger partial charge in [-0.3, -0.25) is 14.4 Å². The van der Waals surface area contributed by atoms with Crippen molar-refractivity contribution in [2.24, 2.45) is 0 Å². The molecule has 7 heteroatoms. The highest BCUT2D eigenvalue weighted by Gasteiger charge is 2.29. The summed E-state index contributed by atoms with van der Waals surface area (Å²) in [7, 11) is 0. The summed E-state index contributed by atoms with van der Waals surface area (Å²) < 4.78 is 0. The van der Waals surface area contributed by atoms with Crippen molar-refractivity contribution in [1.29, 1.82) is 0 Å². The summed E-state index contributed by atoms with van der Waals surface area (Å²) in [6.45, 7) is 0. The first kappa shape index (κ1) is 20.7. The van der Waals surface area contributed by atoms with Gasteiger partial charge in [-0.2, -0.15) is 0 Å². The number of aromatic amines is 1. The maximum Gasteiger partial charge on any atom is 0.303 e. The number of amides is 1. The fraction of sp³-hybridized carbons (Fsp3) is 0.435. The third-order valence-electron chi connectivity index (χ3n) is 6.05. The number of nitrogens with one attached hydrogen (secondary N) is 2. The summed E-state index contributed by atoms with van der Waals surface area (Å²) in [5.74, 6) is -0.560. The number of carboxylic acids is 1. The van der Waals surface area contributed by atoms with Gasteiger partial charge in [0.1, 0.15) is 0 Å². The minimum atomic E-state index is -0.863. The van der Waals surface area contributed by atoms with Crippen molar-refractivity contribution in [3.8, 4) is 0 Å². The zero-order chi connectivity index (χ0) is 21.3. The second-order valence-corrected chi connectivity index (χ2v) is 8.72. The van der Waals surface area contributed by atoms with Gasteiger partial charge < -0.3 is 15.4 Å². The van der Waals surface area contributed by atoms with Crippen LogP contribution in [0.1, 0.15) is 72.7 Å². The van der Waals surface area contributed by atoms with Crippen LogP contribution in [0.4, 0.5) is 0 Å². The Morgan fingerprint density at radius 3 is 2.57 bits per heavy atom. The van der Waals surface area contributed by atoms with Gasteiger partial charge in [-0.25, -0.2) is 0 Å². The molecule has 158 valence electrons. The molecular weight excluding hydrogens is 404 g/mol. The van der Waals surface area contributed by atoms with Crippen molar-refractivity contribution in [3.05, 3.63) is 68.1 Å². The zero-order valence-corrected chi connectivity index (χ0v) is 17.4. The minimum Gasteiger partial charge on any atom is -0.481 e. The average Bonchev–Trinajstić information content (AvgIpc) is 3.46. The summed E-state index contributed by atoms with van der Waals surface area (Å²) in [5, 5.41) is 12.4. The Kier molecular flexibility index (Phi) is 5.95. The smallest absolute Gasteiger partial charge is 0.303 e. The van der Waals surface area contributed by atoms with E-state index in [0.717, 1.165) is 41.6 Å². The Morgan fingerprint density at radius 2 is 1.97 bits per heavy atom. The number of hydrogen-bond donors (Lipinski definition) is 3. The molecule has 0 radical (unpaired) electrons. The molecule has 2 heterocycles. The average molecular weight is 429 g/mol. The quantitative estimate of drug-likeness (QED) is 0.596. The van der Waals surface area contributed by atoms with Gasteiger partial charge in [-0.1, -0.05) is 29.8 Å². The van der Waals surface area contributed by atoms with Crippen molar-refractivity contribution in [3.63, 3.8) is 0 Å². The standard InChI is InChI=1S/C23H25ClN2O4/c24-19-11-15(4-3-14(19)5-10-22(28)29)18(12-16-6-9-21(27)25-16)20-8-7-17(13-1-2-13)23(30)26-20/h3-4,7-8,11,13,16,18H,1-2,5-6,9-10,12H2,(H,25,27)(H,26,30)(H,28,29)/t16-,18?/m1/s1. The van der Waals surface area contributed by atoms with E-state index in [1.54, 1.807) is 0 Å². The molecule has 0 bridgehead atoms. The van der Waals surface area contributed by atoms with Crippen molar-refractivity contribution in [2.75, 3.05) is 0 Å². The number of benzene rings is 1. The maximum atomic E-state index is 12.6. The molecular formula is C23H25ClN2O4. The number of carbonyl (C=O) groups is 2. The van der Waals surface area contributed by atoms with Crippen LogP contribution in [0.15, 0.2) is 35.1 Å². The van der Waals surface area contributed by atoms with Gasteiger partial charge in [0.25, 0.3) is 5.56 Å². The SMILES string of the molecule is O=C(O)CCc1ccc(C(C[C@H]2CCC(=O)N2)c2ccc(C3CC3)c(=O)[nH]2)cc1Cl. The van der Waals surface area contributed by atoms with Gasteiger partial charge in [0.05, 0.1) is 0 Å². The molecule has 1 unspecified atom stereocenters. The largest absolute Gasteiger partial charge is 0.481 e. The van der Waals surface area contributed by atoms with E-state index >= 15 is 0 Å². The summed E-state index contributed by atoms with van der Waals surface area (Å²) >= 11 is 6.46. The normalized spacial score (nSPS) is 19.5. The number of aliphatic carboxylic acids is 1. The van der Waals surface area contributed by atoms with Crippen LogP contribution >= 0.6 is 11.6 Å². The third kappa shape index (κ3) is 4.75. The van der Waals surface area contributed by atoms with Crippen LogP contribution in [0.25, 0.3) is 0 Å². The van der Waals surface area contributed by atoms with Crippen LogP contribution in [0.3, 0.4) is 0 Å². The first-order chi connectivity index (χ1) is 14.4. The lowest BCUT2D eigenvalue weighted by Gasteiger charge is -2.22. The van der Waals surface area contributed by atoms with Crippen LogP contribution in [-0.4, -0.2) is 28.0 Å². The molecule has 1 aromatic heterocycles. The van der Waals surface area contributed by atoms with Gasteiger partial charge >= 0.3 is 5.97 Å². The molecule has 30 heavy (non-hydrogen) atoms. The van der Waals surface area contributed by atoms with Crippen molar-refractivity contribution >= 4 is 23.5 Å².